The SMILES string of the molecule is CN1C(=O)[C@@H](NC(=O)OC(C)(C)C)CSc2ccc(Br)cc21. The summed E-state index contributed by atoms with van der Waals surface area (Å²) in [4.78, 5) is 27.0. The maximum Gasteiger partial charge on any atom is 0.408 e. The highest BCUT2D eigenvalue weighted by molar-refractivity contribution is 9.10. The molecule has 1 heterocycles. The number of anilines is 1. The number of carbonyl (C=O) groups excluding carboxylic acids is 2. The van der Waals surface area contributed by atoms with Crippen LogP contribution < -0.4 is 10.2 Å². The van der Waals surface area contributed by atoms with E-state index in [4.69, 9.17) is 4.74 Å². The number of thioether (sulfide) groups is 1. The van der Waals surface area contributed by atoms with Crippen LogP contribution in [-0.2, 0) is 9.53 Å². The summed E-state index contributed by atoms with van der Waals surface area (Å²) in [5.41, 5.74) is 0.239. The van der Waals surface area contributed by atoms with Crippen LogP contribution in [0.3, 0.4) is 0 Å². The number of halogens is 1. The van der Waals surface area contributed by atoms with Crippen molar-refractivity contribution in [3.8, 4) is 0 Å². The molecule has 0 unspecified atom stereocenters. The van der Waals surface area contributed by atoms with E-state index >= 15 is 0 Å². The van der Waals surface area contributed by atoms with Gasteiger partial charge >= 0.3 is 6.09 Å². The average molecular weight is 387 g/mol. The van der Waals surface area contributed by atoms with Gasteiger partial charge < -0.3 is 15.0 Å². The van der Waals surface area contributed by atoms with Gasteiger partial charge in [0.25, 0.3) is 0 Å². The Bertz CT molecular complexity index is 601. The van der Waals surface area contributed by atoms with Gasteiger partial charge in [0.15, 0.2) is 0 Å². The number of carbonyl (C=O) groups is 2. The van der Waals surface area contributed by atoms with E-state index in [2.05, 4.69) is 21.2 Å². The van der Waals surface area contributed by atoms with Gasteiger partial charge in [-0.2, -0.15) is 0 Å². The quantitative estimate of drug-likeness (QED) is 0.803. The van der Waals surface area contributed by atoms with E-state index in [1.165, 1.54) is 0 Å². The first-order valence-electron chi connectivity index (χ1n) is 6.87. The second kappa shape index (κ2) is 6.50. The average Bonchev–Trinajstić information content (AvgIpc) is 2.50. The number of alkyl carbamates (subject to hydrolysis) is 1. The molecule has 0 saturated heterocycles. The molecule has 0 aliphatic carbocycles. The number of ether oxygens (including phenoxy) is 1. The largest absolute Gasteiger partial charge is 0.444 e. The lowest BCUT2D eigenvalue weighted by Gasteiger charge is -2.24. The van der Waals surface area contributed by atoms with E-state index in [9.17, 15) is 9.59 Å². The summed E-state index contributed by atoms with van der Waals surface area (Å²) in [6.45, 7) is 5.36. The van der Waals surface area contributed by atoms with Crippen LogP contribution in [0.15, 0.2) is 27.6 Å². The zero-order valence-electron chi connectivity index (χ0n) is 13.0. The van der Waals surface area contributed by atoms with Crippen LogP contribution in [0.1, 0.15) is 20.8 Å². The maximum atomic E-state index is 12.5. The fourth-order valence-corrected chi connectivity index (χ4v) is 3.45. The smallest absolute Gasteiger partial charge is 0.408 e. The fourth-order valence-electron chi connectivity index (χ4n) is 2.02. The summed E-state index contributed by atoms with van der Waals surface area (Å²) in [7, 11) is 1.71. The highest BCUT2D eigenvalue weighted by Gasteiger charge is 2.31. The predicted molar refractivity (Wildman–Crippen MR) is 91.4 cm³/mol. The Morgan fingerprint density at radius 2 is 2.14 bits per heavy atom. The first-order chi connectivity index (χ1) is 10.2. The fraction of sp³-hybridized carbons (Fsp3) is 0.467. The highest BCUT2D eigenvalue weighted by atomic mass is 79.9. The molecule has 2 amide bonds. The first kappa shape index (κ1) is 17.1. The molecular weight excluding hydrogens is 368 g/mol. The molecule has 0 radical (unpaired) electrons. The number of amides is 2. The van der Waals surface area contributed by atoms with Crippen molar-refractivity contribution in [3.05, 3.63) is 22.7 Å². The second-order valence-electron chi connectivity index (χ2n) is 6.02. The highest BCUT2D eigenvalue weighted by Crippen LogP contribution is 2.35. The van der Waals surface area contributed by atoms with Gasteiger partial charge in [-0.3, -0.25) is 4.79 Å². The van der Waals surface area contributed by atoms with Gasteiger partial charge in [0.1, 0.15) is 11.6 Å². The summed E-state index contributed by atoms with van der Waals surface area (Å²) in [5, 5.41) is 2.66. The van der Waals surface area contributed by atoms with Gasteiger partial charge in [-0.25, -0.2) is 4.79 Å². The van der Waals surface area contributed by atoms with Gasteiger partial charge in [-0.15, -0.1) is 11.8 Å². The predicted octanol–water partition coefficient (Wildman–Crippen LogP) is 3.41. The molecular formula is C15H19BrN2O3S. The number of nitrogens with one attached hydrogen (secondary N) is 1. The Balaban J connectivity index is 2.15. The number of nitrogens with zero attached hydrogens (tertiary/aromatic N) is 1. The normalized spacial score (nSPS) is 18.5. The van der Waals surface area contributed by atoms with Crippen molar-refractivity contribution in [1.82, 2.24) is 5.32 Å². The summed E-state index contributed by atoms with van der Waals surface area (Å²) < 4.78 is 6.13. The summed E-state index contributed by atoms with van der Waals surface area (Å²) in [6, 6.07) is 5.18. The first-order valence-corrected chi connectivity index (χ1v) is 8.64. The standard InChI is InChI=1S/C15H19BrN2O3S/c1-15(2,3)21-14(20)17-10-8-22-12-6-5-9(16)7-11(12)18(4)13(10)19/h5-7,10H,8H2,1-4H3,(H,17,20)/t10-/m0/s1. The molecule has 0 spiro atoms. The van der Waals surface area contributed by atoms with Crippen LogP contribution in [-0.4, -0.2) is 36.4 Å². The van der Waals surface area contributed by atoms with E-state index in [0.29, 0.717) is 5.75 Å². The summed E-state index contributed by atoms with van der Waals surface area (Å²) >= 11 is 4.95. The van der Waals surface area contributed by atoms with Crippen LogP contribution in [0, 0.1) is 0 Å². The topological polar surface area (TPSA) is 58.6 Å². The Morgan fingerprint density at radius 3 is 2.77 bits per heavy atom. The molecule has 2 rings (SSSR count). The number of rotatable bonds is 1. The lowest BCUT2D eigenvalue weighted by atomic mass is 10.2. The van der Waals surface area contributed by atoms with Crippen LogP contribution in [0.2, 0.25) is 0 Å². The maximum absolute atomic E-state index is 12.5. The van der Waals surface area contributed by atoms with E-state index in [1.807, 2.05) is 18.2 Å². The lowest BCUT2D eigenvalue weighted by molar-refractivity contribution is -0.119. The number of fused-ring (bicyclic) bond motifs is 1. The molecule has 1 aliphatic heterocycles. The molecule has 120 valence electrons. The van der Waals surface area contributed by atoms with Gasteiger partial charge in [0.2, 0.25) is 5.91 Å². The lowest BCUT2D eigenvalue weighted by Crippen LogP contribution is -2.49. The van der Waals surface area contributed by atoms with Crippen molar-refractivity contribution in [3.63, 3.8) is 0 Å². The molecule has 0 fully saturated rings. The van der Waals surface area contributed by atoms with Gasteiger partial charge in [0.05, 0.1) is 5.69 Å². The molecule has 1 aliphatic rings. The molecule has 1 aromatic rings. The van der Waals surface area contributed by atoms with E-state index in [-0.39, 0.29) is 5.91 Å². The molecule has 1 N–H and O–H groups in total. The molecule has 22 heavy (non-hydrogen) atoms. The molecule has 0 bridgehead atoms. The second-order valence-corrected chi connectivity index (χ2v) is 8.00. The van der Waals surface area contributed by atoms with Crippen molar-refractivity contribution in [2.75, 3.05) is 17.7 Å². The Morgan fingerprint density at radius 1 is 1.45 bits per heavy atom. The number of hydrogen-bond donors (Lipinski definition) is 1. The Labute approximate surface area is 142 Å². The van der Waals surface area contributed by atoms with Gasteiger partial charge in [-0.05, 0) is 39.0 Å². The van der Waals surface area contributed by atoms with Crippen molar-refractivity contribution in [2.24, 2.45) is 0 Å². The monoisotopic (exact) mass is 386 g/mol. The minimum Gasteiger partial charge on any atom is -0.444 e. The molecule has 0 saturated carbocycles. The van der Waals surface area contributed by atoms with Crippen molar-refractivity contribution >= 4 is 45.4 Å². The number of benzene rings is 1. The molecule has 7 heteroatoms. The van der Waals surface area contributed by atoms with Crippen LogP contribution in [0.5, 0.6) is 0 Å². The molecule has 1 aromatic carbocycles. The van der Waals surface area contributed by atoms with Crippen LogP contribution in [0.4, 0.5) is 10.5 Å². The number of hydrogen-bond acceptors (Lipinski definition) is 4. The third kappa shape index (κ3) is 4.16. The van der Waals surface area contributed by atoms with Gasteiger partial charge in [-0.1, -0.05) is 15.9 Å². The third-order valence-corrected chi connectivity index (χ3v) is 4.66. The van der Waals surface area contributed by atoms with Gasteiger partial charge in [0, 0.05) is 22.2 Å². The van der Waals surface area contributed by atoms with E-state index in [1.54, 1.807) is 44.5 Å². The van der Waals surface area contributed by atoms with E-state index < -0.39 is 17.7 Å². The van der Waals surface area contributed by atoms with Crippen LogP contribution >= 0.6 is 27.7 Å². The minimum absolute atomic E-state index is 0.157. The molecule has 0 aromatic heterocycles. The Hall–Kier alpha value is -1.21. The summed E-state index contributed by atoms with van der Waals surface area (Å²) in [6.07, 6.45) is -0.577. The zero-order chi connectivity index (χ0) is 16.5. The van der Waals surface area contributed by atoms with E-state index in [0.717, 1.165) is 15.1 Å². The summed E-state index contributed by atoms with van der Waals surface area (Å²) in [5.74, 6) is 0.312. The Kier molecular flexibility index (Phi) is 5.07. The zero-order valence-corrected chi connectivity index (χ0v) is 15.4. The minimum atomic E-state index is -0.615. The molecule has 5 nitrogen and oxygen atoms in total. The van der Waals surface area contributed by atoms with Crippen LogP contribution in [0.25, 0.3) is 0 Å². The number of likely N-dealkylation sites (N-methyl/N-ethyl adjacent to an activating group) is 1. The third-order valence-electron chi connectivity index (χ3n) is 3.01. The molecule has 1 atom stereocenters. The van der Waals surface area contributed by atoms with Crippen molar-refractivity contribution in [2.45, 2.75) is 37.3 Å². The van der Waals surface area contributed by atoms with Crippen molar-refractivity contribution in [1.29, 1.82) is 0 Å². The van der Waals surface area contributed by atoms with Crippen molar-refractivity contribution < 1.29 is 14.3 Å².